The topological polar surface area (TPSA) is 64.9 Å². The average Bonchev–Trinajstić information content (AvgIpc) is 3.08. The molecule has 0 amide bonds. The Hall–Kier alpha value is -1.79. The second-order valence-corrected chi connectivity index (χ2v) is 6.26. The van der Waals surface area contributed by atoms with Crippen LogP contribution in [0.5, 0.6) is 0 Å². The quantitative estimate of drug-likeness (QED) is 0.583. The third-order valence-electron chi connectivity index (χ3n) is 2.75. The second-order valence-electron chi connectivity index (χ2n) is 4.29. The molecule has 0 unspecified atom stereocenters. The van der Waals surface area contributed by atoms with Crippen LogP contribution in [0.4, 0.5) is 5.69 Å². The lowest BCUT2D eigenvalue weighted by Crippen LogP contribution is -1.88. The van der Waals surface area contributed by atoms with Gasteiger partial charge in [-0.2, -0.15) is 0 Å². The molecule has 2 aromatic heterocycles. The number of hydrogen-bond acceptors (Lipinski definition) is 6. The third kappa shape index (κ3) is 2.86. The van der Waals surface area contributed by atoms with Crippen molar-refractivity contribution in [3.63, 3.8) is 0 Å². The number of thioether (sulfide) groups is 1. The summed E-state index contributed by atoms with van der Waals surface area (Å²) in [7, 11) is 0. The molecule has 1 aromatic carbocycles. The number of nitrogen functional groups attached to an aromatic ring is 1. The minimum Gasteiger partial charge on any atom is -0.419 e. The summed E-state index contributed by atoms with van der Waals surface area (Å²) in [6.07, 6.45) is 0. The van der Waals surface area contributed by atoms with Crippen LogP contribution in [0.25, 0.3) is 10.8 Å². The first-order valence-electron chi connectivity index (χ1n) is 6.07. The molecule has 2 N–H and O–H groups in total. The zero-order valence-electron chi connectivity index (χ0n) is 10.9. The molecular formula is C14H13N3OS2. The average molecular weight is 303 g/mol. The Bertz CT molecular complexity index is 707. The first-order chi connectivity index (χ1) is 9.72. The molecule has 0 radical (unpaired) electrons. The Labute approximate surface area is 125 Å². The smallest absolute Gasteiger partial charge is 0.257 e. The predicted octanol–water partition coefficient (Wildman–Crippen LogP) is 3.98. The van der Waals surface area contributed by atoms with Gasteiger partial charge in [0.2, 0.25) is 5.89 Å². The van der Waals surface area contributed by atoms with Crippen LogP contribution in [0, 0.1) is 6.92 Å². The van der Waals surface area contributed by atoms with E-state index in [0.717, 1.165) is 16.1 Å². The van der Waals surface area contributed by atoms with Crippen LogP contribution >= 0.6 is 23.1 Å². The van der Waals surface area contributed by atoms with Gasteiger partial charge < -0.3 is 10.2 Å². The highest BCUT2D eigenvalue weighted by Crippen LogP contribution is 2.29. The third-order valence-corrected chi connectivity index (χ3v) is 4.77. The molecule has 3 aromatic rings. The molecule has 2 heterocycles. The molecule has 4 nitrogen and oxygen atoms in total. The monoisotopic (exact) mass is 303 g/mol. The van der Waals surface area contributed by atoms with Crippen molar-refractivity contribution in [1.82, 2.24) is 10.2 Å². The van der Waals surface area contributed by atoms with E-state index in [2.05, 4.69) is 10.2 Å². The zero-order valence-corrected chi connectivity index (χ0v) is 12.5. The summed E-state index contributed by atoms with van der Waals surface area (Å²) >= 11 is 3.26. The van der Waals surface area contributed by atoms with Crippen molar-refractivity contribution in [2.45, 2.75) is 17.6 Å². The van der Waals surface area contributed by atoms with E-state index in [0.29, 0.717) is 17.5 Å². The van der Waals surface area contributed by atoms with Crippen molar-refractivity contribution >= 4 is 28.8 Å². The number of aryl methyl sites for hydroxylation is 1. The summed E-state index contributed by atoms with van der Waals surface area (Å²) in [5.41, 5.74) is 7.69. The van der Waals surface area contributed by atoms with Gasteiger partial charge >= 0.3 is 0 Å². The Kier molecular flexibility index (Phi) is 3.75. The van der Waals surface area contributed by atoms with Crippen LogP contribution in [0.3, 0.4) is 0 Å². The predicted molar refractivity (Wildman–Crippen MR) is 82.8 cm³/mol. The lowest BCUT2D eigenvalue weighted by molar-refractivity contribution is 0.529. The molecule has 0 atom stereocenters. The van der Waals surface area contributed by atoms with Crippen LogP contribution in [0.2, 0.25) is 0 Å². The maximum atomic E-state index is 5.74. The van der Waals surface area contributed by atoms with Gasteiger partial charge in [-0.05, 0) is 42.1 Å². The Morgan fingerprint density at radius 3 is 2.95 bits per heavy atom. The maximum absolute atomic E-state index is 5.74. The van der Waals surface area contributed by atoms with E-state index in [1.54, 1.807) is 23.1 Å². The van der Waals surface area contributed by atoms with Gasteiger partial charge in [-0.25, -0.2) is 0 Å². The summed E-state index contributed by atoms with van der Waals surface area (Å²) in [6.45, 7) is 2.05. The molecule has 3 rings (SSSR count). The Balaban J connectivity index is 1.70. The van der Waals surface area contributed by atoms with E-state index in [9.17, 15) is 0 Å². The van der Waals surface area contributed by atoms with Crippen molar-refractivity contribution in [3.8, 4) is 10.8 Å². The second kappa shape index (κ2) is 5.68. The number of benzene rings is 1. The summed E-state index contributed by atoms with van der Waals surface area (Å²) < 4.78 is 5.66. The highest BCUT2D eigenvalue weighted by Gasteiger charge is 2.10. The van der Waals surface area contributed by atoms with Crippen molar-refractivity contribution in [2.75, 3.05) is 5.73 Å². The molecule has 0 spiro atoms. The number of thiophene rings is 1. The molecule has 0 aliphatic carbocycles. The SMILES string of the molecule is Cc1cc(N)ccc1SCc1nnc(-c2cccs2)o1. The van der Waals surface area contributed by atoms with Crippen LogP contribution < -0.4 is 5.73 Å². The minimum absolute atomic E-state index is 0.588. The number of hydrogen-bond donors (Lipinski definition) is 1. The van der Waals surface area contributed by atoms with E-state index in [1.165, 1.54) is 4.90 Å². The standard InChI is InChI=1S/C14H13N3OS2/c1-9-7-10(15)4-5-11(9)20-8-13-16-17-14(18-13)12-3-2-6-19-12/h2-7H,8,15H2,1H3. The van der Waals surface area contributed by atoms with Crippen LogP contribution in [-0.4, -0.2) is 10.2 Å². The minimum atomic E-state index is 0.588. The van der Waals surface area contributed by atoms with Crippen molar-refractivity contribution in [3.05, 3.63) is 47.2 Å². The molecule has 0 fully saturated rings. The zero-order chi connectivity index (χ0) is 13.9. The Morgan fingerprint density at radius 2 is 2.20 bits per heavy atom. The molecule has 0 saturated carbocycles. The van der Waals surface area contributed by atoms with E-state index in [4.69, 9.17) is 10.2 Å². The fourth-order valence-corrected chi connectivity index (χ4v) is 3.28. The van der Waals surface area contributed by atoms with Crippen LogP contribution in [0.15, 0.2) is 45.0 Å². The maximum Gasteiger partial charge on any atom is 0.257 e. The van der Waals surface area contributed by atoms with Crippen molar-refractivity contribution < 1.29 is 4.42 Å². The molecular weight excluding hydrogens is 290 g/mol. The highest BCUT2D eigenvalue weighted by atomic mass is 32.2. The molecule has 20 heavy (non-hydrogen) atoms. The summed E-state index contributed by atoms with van der Waals surface area (Å²) in [5.74, 6) is 1.88. The van der Waals surface area contributed by atoms with Gasteiger partial charge in [-0.1, -0.05) is 6.07 Å². The van der Waals surface area contributed by atoms with Gasteiger partial charge in [-0.3, -0.25) is 0 Å². The summed E-state index contributed by atoms with van der Waals surface area (Å²) in [6, 6.07) is 9.83. The first-order valence-corrected chi connectivity index (χ1v) is 7.94. The normalized spacial score (nSPS) is 10.8. The highest BCUT2D eigenvalue weighted by molar-refractivity contribution is 7.98. The Morgan fingerprint density at radius 1 is 1.30 bits per heavy atom. The molecule has 0 aliphatic heterocycles. The summed E-state index contributed by atoms with van der Waals surface area (Å²) in [4.78, 5) is 2.17. The van der Waals surface area contributed by atoms with E-state index in [-0.39, 0.29) is 0 Å². The number of nitrogens with two attached hydrogens (primary N) is 1. The van der Waals surface area contributed by atoms with Crippen molar-refractivity contribution in [1.29, 1.82) is 0 Å². The number of aromatic nitrogens is 2. The van der Waals surface area contributed by atoms with Gasteiger partial charge in [-0.15, -0.1) is 33.3 Å². The molecule has 0 aliphatic rings. The van der Waals surface area contributed by atoms with E-state index >= 15 is 0 Å². The van der Waals surface area contributed by atoms with E-state index < -0.39 is 0 Å². The van der Waals surface area contributed by atoms with Crippen molar-refractivity contribution in [2.24, 2.45) is 0 Å². The number of anilines is 1. The number of nitrogens with zero attached hydrogens (tertiary/aromatic N) is 2. The van der Waals surface area contributed by atoms with Gasteiger partial charge in [0.25, 0.3) is 5.89 Å². The molecule has 0 bridgehead atoms. The molecule has 0 saturated heterocycles. The largest absolute Gasteiger partial charge is 0.419 e. The summed E-state index contributed by atoms with van der Waals surface area (Å²) in [5, 5.41) is 10.1. The van der Waals surface area contributed by atoms with Crippen LogP contribution in [0.1, 0.15) is 11.5 Å². The first kappa shape index (κ1) is 13.2. The molecule has 102 valence electrons. The van der Waals surface area contributed by atoms with Gasteiger partial charge in [0.05, 0.1) is 10.6 Å². The van der Waals surface area contributed by atoms with E-state index in [1.807, 2.05) is 42.6 Å². The van der Waals surface area contributed by atoms with Gasteiger partial charge in [0, 0.05) is 10.6 Å². The fourth-order valence-electron chi connectivity index (χ4n) is 1.79. The van der Waals surface area contributed by atoms with Gasteiger partial charge in [0.15, 0.2) is 0 Å². The van der Waals surface area contributed by atoms with Crippen LogP contribution in [-0.2, 0) is 5.75 Å². The fraction of sp³-hybridized carbons (Fsp3) is 0.143. The lowest BCUT2D eigenvalue weighted by atomic mass is 10.2. The number of rotatable bonds is 4. The molecule has 6 heteroatoms. The lowest BCUT2D eigenvalue weighted by Gasteiger charge is -2.04. The van der Waals surface area contributed by atoms with Gasteiger partial charge in [0.1, 0.15) is 0 Å².